The zero-order chi connectivity index (χ0) is 28.1. The van der Waals surface area contributed by atoms with Crippen LogP contribution in [-0.4, -0.2) is 42.5 Å². The van der Waals surface area contributed by atoms with Gasteiger partial charge in [-0.2, -0.15) is 0 Å². The number of nitrogens with two attached hydrogens (primary N) is 1. The molecule has 2 heterocycles. The highest BCUT2D eigenvalue weighted by atomic mass is 16.5. The number of rotatable bonds is 12. The lowest BCUT2D eigenvalue weighted by molar-refractivity contribution is -0.132. The molecule has 1 aliphatic heterocycles. The largest absolute Gasteiger partial charge is 0.496 e. The van der Waals surface area contributed by atoms with E-state index in [-0.39, 0.29) is 37.1 Å². The zero-order valence-corrected chi connectivity index (χ0v) is 22.1. The number of Topliss-reactive ketones (excluding diaryl/α,β-unsaturated/α-hetero) is 1. The highest BCUT2D eigenvalue weighted by molar-refractivity contribution is 5.87. The summed E-state index contributed by atoms with van der Waals surface area (Å²) in [5, 5.41) is 3.81. The van der Waals surface area contributed by atoms with E-state index in [1.165, 1.54) is 0 Å². The summed E-state index contributed by atoms with van der Waals surface area (Å²) in [5.74, 6) is 0.0780. The average Bonchev–Trinajstić information content (AvgIpc) is 3.55. The van der Waals surface area contributed by atoms with E-state index in [1.807, 2.05) is 54.7 Å². The molecule has 1 aromatic heterocycles. The predicted octanol–water partition coefficient (Wildman–Crippen LogP) is 3.48. The van der Waals surface area contributed by atoms with Gasteiger partial charge in [-0.1, -0.05) is 36.4 Å². The van der Waals surface area contributed by atoms with Gasteiger partial charge in [0.15, 0.2) is 5.78 Å². The molecule has 9 nitrogen and oxygen atoms in total. The number of fused-ring (bicyclic) bond motifs is 2. The number of ether oxygens (including phenoxy) is 3. The molecule has 1 amide bonds. The molecule has 40 heavy (non-hydrogen) atoms. The van der Waals surface area contributed by atoms with Crippen LogP contribution >= 0.6 is 0 Å². The molecule has 0 radical (unpaired) electrons. The maximum Gasteiger partial charge on any atom is 0.315 e. The second kappa shape index (κ2) is 12.0. The Morgan fingerprint density at radius 2 is 1.88 bits per heavy atom. The van der Waals surface area contributed by atoms with Gasteiger partial charge in [-0.3, -0.25) is 14.4 Å². The number of aromatic amines is 1. The van der Waals surface area contributed by atoms with E-state index in [4.69, 9.17) is 19.9 Å². The fourth-order valence-corrected chi connectivity index (χ4v) is 4.95. The normalized spacial score (nSPS) is 13.8. The van der Waals surface area contributed by atoms with E-state index in [0.717, 1.165) is 22.0 Å². The second-order valence-electron chi connectivity index (χ2n) is 9.75. The van der Waals surface area contributed by atoms with Gasteiger partial charge in [0.05, 0.1) is 25.6 Å². The van der Waals surface area contributed by atoms with Gasteiger partial charge in [0.25, 0.3) is 0 Å². The Morgan fingerprint density at radius 1 is 1.07 bits per heavy atom. The van der Waals surface area contributed by atoms with Crippen LogP contribution in [0.15, 0.2) is 72.9 Å². The Morgan fingerprint density at radius 3 is 2.73 bits per heavy atom. The van der Waals surface area contributed by atoms with Crippen molar-refractivity contribution in [1.82, 2.24) is 10.3 Å². The number of amides is 1. The van der Waals surface area contributed by atoms with Crippen molar-refractivity contribution in [3.63, 3.8) is 0 Å². The number of hydrogen-bond acceptors (Lipinski definition) is 7. The van der Waals surface area contributed by atoms with Crippen molar-refractivity contribution in [2.75, 3.05) is 13.7 Å². The number of aryl methyl sites for hydroxylation is 1. The number of benzene rings is 3. The molecule has 0 fully saturated rings. The van der Waals surface area contributed by atoms with Gasteiger partial charge in [0, 0.05) is 29.1 Å². The van der Waals surface area contributed by atoms with E-state index in [9.17, 15) is 14.4 Å². The molecule has 206 valence electrons. The van der Waals surface area contributed by atoms with Crippen LogP contribution < -0.4 is 25.3 Å². The number of H-pyrrole nitrogens is 1. The highest BCUT2D eigenvalue weighted by Gasteiger charge is 2.29. The lowest BCUT2D eigenvalue weighted by atomic mass is 9.92. The topological polar surface area (TPSA) is 133 Å². The van der Waals surface area contributed by atoms with Crippen LogP contribution in [0, 0.1) is 5.92 Å². The van der Waals surface area contributed by atoms with E-state index in [0.29, 0.717) is 35.7 Å². The molecular formula is C31H31N3O6. The fraction of sp³-hybridized carbons (Fsp3) is 0.258. The van der Waals surface area contributed by atoms with Crippen molar-refractivity contribution >= 4 is 28.6 Å². The number of esters is 1. The average molecular weight is 542 g/mol. The summed E-state index contributed by atoms with van der Waals surface area (Å²) >= 11 is 0. The van der Waals surface area contributed by atoms with E-state index >= 15 is 0 Å². The fourth-order valence-electron chi connectivity index (χ4n) is 4.95. The third kappa shape index (κ3) is 6.16. The quantitative estimate of drug-likeness (QED) is 0.142. The first-order valence-corrected chi connectivity index (χ1v) is 13.1. The number of nitrogens with one attached hydrogen (secondary N) is 2. The Labute approximate surface area is 231 Å². The minimum absolute atomic E-state index is 0.162. The summed E-state index contributed by atoms with van der Waals surface area (Å²) < 4.78 is 16.3. The summed E-state index contributed by atoms with van der Waals surface area (Å²) in [7, 11) is 1.59. The smallest absolute Gasteiger partial charge is 0.315 e. The maximum atomic E-state index is 13.5. The van der Waals surface area contributed by atoms with Crippen molar-refractivity contribution < 1.29 is 28.6 Å². The lowest BCUT2D eigenvalue weighted by Crippen LogP contribution is -2.51. The summed E-state index contributed by atoms with van der Waals surface area (Å²) in [6.45, 7) is -0.245. The second-order valence-corrected chi connectivity index (χ2v) is 9.75. The third-order valence-electron chi connectivity index (χ3n) is 7.08. The van der Waals surface area contributed by atoms with Gasteiger partial charge < -0.3 is 30.2 Å². The van der Waals surface area contributed by atoms with Gasteiger partial charge in [-0.05, 0) is 54.3 Å². The monoisotopic (exact) mass is 541 g/mol. The minimum Gasteiger partial charge on any atom is -0.496 e. The first-order chi connectivity index (χ1) is 19.4. The zero-order valence-electron chi connectivity index (χ0n) is 22.1. The minimum atomic E-state index is -0.930. The molecule has 4 aromatic rings. The number of aromatic nitrogens is 1. The molecule has 4 N–H and O–H groups in total. The number of methoxy groups -OCH3 is 1. The molecule has 5 rings (SSSR count). The molecule has 0 aliphatic carbocycles. The van der Waals surface area contributed by atoms with Crippen molar-refractivity contribution in [2.45, 2.75) is 31.8 Å². The molecule has 9 heteroatoms. The summed E-state index contributed by atoms with van der Waals surface area (Å²) in [6.07, 6.45) is 2.06. The molecule has 2 atom stereocenters. The van der Waals surface area contributed by atoms with Crippen molar-refractivity contribution in [3.05, 3.63) is 89.6 Å². The molecule has 0 saturated heterocycles. The van der Waals surface area contributed by atoms with Crippen LogP contribution in [0.1, 0.15) is 23.1 Å². The van der Waals surface area contributed by atoms with E-state index in [2.05, 4.69) is 10.3 Å². The third-order valence-corrected chi connectivity index (χ3v) is 7.08. The SMILES string of the molecule is COc1ccccc1CCC(=O)NC(N)C(Cc1c[nH]c2ccccc12)C(=O)COc1ccc2c(c1)CC(=O)O2. The van der Waals surface area contributed by atoms with Crippen molar-refractivity contribution in [1.29, 1.82) is 0 Å². The summed E-state index contributed by atoms with van der Waals surface area (Å²) in [5.41, 5.74) is 9.96. The maximum absolute atomic E-state index is 13.5. The van der Waals surface area contributed by atoms with Crippen LogP contribution in [0.5, 0.6) is 17.2 Å². The standard InChI is InChI=1S/C31H31N3O6/c1-38-27-9-5-2-6-19(27)10-13-29(36)34-31(32)24(15-21-17-33-25-8-4-3-7-23(21)25)26(35)18-39-22-11-12-28-20(14-22)16-30(37)40-28/h2-9,11-12,14,17,24,31,33H,10,13,15-16,18,32H2,1H3,(H,34,36). The van der Waals surface area contributed by atoms with E-state index in [1.54, 1.807) is 25.3 Å². The van der Waals surface area contributed by atoms with Crippen molar-refractivity contribution in [2.24, 2.45) is 11.7 Å². The van der Waals surface area contributed by atoms with Crippen LogP contribution in [-0.2, 0) is 33.6 Å². The summed E-state index contributed by atoms with van der Waals surface area (Å²) in [6, 6.07) is 20.3. The van der Waals surface area contributed by atoms with E-state index < -0.39 is 12.1 Å². The highest BCUT2D eigenvalue weighted by Crippen LogP contribution is 2.30. The van der Waals surface area contributed by atoms with Gasteiger partial charge in [0.1, 0.15) is 23.9 Å². The Bertz CT molecular complexity index is 1550. The van der Waals surface area contributed by atoms with Gasteiger partial charge >= 0.3 is 5.97 Å². The van der Waals surface area contributed by atoms with Crippen molar-refractivity contribution in [3.8, 4) is 17.2 Å². The number of carbonyl (C=O) groups is 3. The first kappa shape index (κ1) is 27.0. The number of hydrogen-bond donors (Lipinski definition) is 3. The lowest BCUT2D eigenvalue weighted by Gasteiger charge is -2.24. The van der Waals surface area contributed by atoms with Crippen LogP contribution in [0.25, 0.3) is 10.9 Å². The van der Waals surface area contributed by atoms with Crippen LogP contribution in [0.4, 0.5) is 0 Å². The van der Waals surface area contributed by atoms with Gasteiger partial charge in [0.2, 0.25) is 5.91 Å². The molecule has 3 aromatic carbocycles. The molecular weight excluding hydrogens is 510 g/mol. The molecule has 1 aliphatic rings. The first-order valence-electron chi connectivity index (χ1n) is 13.1. The Balaban J connectivity index is 1.28. The predicted molar refractivity (Wildman–Crippen MR) is 149 cm³/mol. The number of ketones is 1. The Kier molecular flexibility index (Phi) is 8.12. The molecule has 0 bridgehead atoms. The number of carbonyl (C=O) groups excluding carboxylic acids is 3. The Hall–Kier alpha value is -4.63. The molecule has 2 unspecified atom stereocenters. The summed E-state index contributed by atoms with van der Waals surface area (Å²) in [4.78, 5) is 41.1. The molecule has 0 saturated carbocycles. The van der Waals surface area contributed by atoms with Gasteiger partial charge in [-0.25, -0.2) is 0 Å². The number of para-hydroxylation sites is 2. The van der Waals surface area contributed by atoms with Crippen LogP contribution in [0.3, 0.4) is 0 Å². The van der Waals surface area contributed by atoms with Gasteiger partial charge in [-0.15, -0.1) is 0 Å². The van der Waals surface area contributed by atoms with Crippen LogP contribution in [0.2, 0.25) is 0 Å². The molecule has 0 spiro atoms.